The van der Waals surface area contributed by atoms with Gasteiger partial charge in [0, 0.05) is 44.5 Å². The van der Waals surface area contributed by atoms with E-state index >= 15 is 0 Å². The van der Waals surface area contributed by atoms with Gasteiger partial charge in [-0.05, 0) is 6.42 Å². The van der Waals surface area contributed by atoms with Crippen molar-refractivity contribution < 1.29 is 37.5 Å². The molecule has 0 spiro atoms. The SMILES string of the molecule is CC(C)C[NH-].CCCC(C)(C)C(=O)CC.[CH2-]CC.[Y]. The Balaban J connectivity index is -0.000000106. The Kier molecular flexibility index (Phi) is 27.6. The molecule has 0 unspecified atom stereocenters. The predicted octanol–water partition coefficient (Wildman–Crippen LogP) is 5.71. The van der Waals surface area contributed by atoms with Gasteiger partial charge in [0.1, 0.15) is 5.78 Å². The molecule has 0 aliphatic rings. The minimum absolute atomic E-state index is 0. The molecule has 115 valence electrons. The molecule has 0 fully saturated rings. The fraction of sp³-hybridized carbons (Fsp3) is 0.875. The first-order valence-corrected chi connectivity index (χ1v) is 7.20. The second kappa shape index (κ2) is 18.7. The maximum Gasteiger partial charge on any atom is 0.138 e. The van der Waals surface area contributed by atoms with E-state index in [2.05, 4.69) is 13.8 Å². The van der Waals surface area contributed by atoms with E-state index < -0.39 is 0 Å². The van der Waals surface area contributed by atoms with Gasteiger partial charge in [-0.25, -0.2) is 0 Å². The summed E-state index contributed by atoms with van der Waals surface area (Å²) in [5, 5.41) is 0. The molecule has 0 bridgehead atoms. The van der Waals surface area contributed by atoms with E-state index in [-0.39, 0.29) is 38.1 Å². The van der Waals surface area contributed by atoms with Crippen molar-refractivity contribution in [1.82, 2.24) is 0 Å². The van der Waals surface area contributed by atoms with Crippen LogP contribution in [0.25, 0.3) is 5.73 Å². The predicted molar refractivity (Wildman–Crippen MR) is 83.7 cm³/mol. The number of ketones is 1. The third kappa shape index (κ3) is 24.2. The van der Waals surface area contributed by atoms with E-state index in [0.717, 1.165) is 19.3 Å². The first-order chi connectivity index (χ1) is 8.23. The molecule has 0 aromatic heterocycles. The zero-order valence-corrected chi connectivity index (χ0v) is 17.1. The van der Waals surface area contributed by atoms with Crippen LogP contribution in [0.1, 0.15) is 74.1 Å². The summed E-state index contributed by atoms with van der Waals surface area (Å²) in [5.41, 5.74) is 6.58. The fourth-order valence-electron chi connectivity index (χ4n) is 1.24. The number of nitrogens with one attached hydrogen (secondary N) is 1. The second-order valence-corrected chi connectivity index (χ2v) is 5.51. The zero-order chi connectivity index (χ0) is 15.2. The van der Waals surface area contributed by atoms with E-state index in [1.165, 1.54) is 0 Å². The van der Waals surface area contributed by atoms with Gasteiger partial charge in [0.25, 0.3) is 0 Å². The Labute approximate surface area is 147 Å². The van der Waals surface area contributed by atoms with Crippen molar-refractivity contribution in [2.75, 3.05) is 6.54 Å². The molecule has 0 aromatic carbocycles. The quantitative estimate of drug-likeness (QED) is 0.587. The maximum atomic E-state index is 11.2. The Morgan fingerprint density at radius 2 is 1.53 bits per heavy atom. The minimum Gasteiger partial charge on any atom is -0.677 e. The molecule has 0 aromatic rings. The van der Waals surface area contributed by atoms with E-state index in [9.17, 15) is 4.79 Å². The first kappa shape index (κ1) is 28.0. The molecule has 0 atom stereocenters. The Bertz CT molecular complexity index is 180. The fourth-order valence-corrected chi connectivity index (χ4v) is 1.24. The summed E-state index contributed by atoms with van der Waals surface area (Å²) >= 11 is 0. The monoisotopic (exact) mass is 346 g/mol. The molecule has 0 saturated heterocycles. The van der Waals surface area contributed by atoms with Crippen molar-refractivity contribution in [1.29, 1.82) is 0 Å². The molecule has 1 radical (unpaired) electrons. The molecule has 0 aliphatic heterocycles. The molecule has 3 heteroatoms. The topological polar surface area (TPSA) is 40.9 Å². The summed E-state index contributed by atoms with van der Waals surface area (Å²) in [6.45, 7) is 18.2. The maximum absolute atomic E-state index is 11.2. The van der Waals surface area contributed by atoms with E-state index in [1.807, 2.05) is 41.5 Å². The van der Waals surface area contributed by atoms with Crippen molar-refractivity contribution in [3.05, 3.63) is 12.7 Å². The van der Waals surface area contributed by atoms with Crippen LogP contribution in [0, 0.1) is 18.3 Å². The van der Waals surface area contributed by atoms with Gasteiger partial charge in [-0.15, -0.1) is 6.54 Å². The van der Waals surface area contributed by atoms with Crippen LogP contribution in [0.15, 0.2) is 0 Å². The van der Waals surface area contributed by atoms with Crippen LogP contribution in [0.3, 0.4) is 0 Å². The van der Waals surface area contributed by atoms with Gasteiger partial charge in [-0.1, -0.05) is 60.8 Å². The van der Waals surface area contributed by atoms with Crippen molar-refractivity contribution >= 4 is 5.78 Å². The van der Waals surface area contributed by atoms with Crippen LogP contribution in [-0.4, -0.2) is 12.3 Å². The van der Waals surface area contributed by atoms with Crippen molar-refractivity contribution in [3.63, 3.8) is 0 Å². The third-order valence-corrected chi connectivity index (χ3v) is 2.36. The number of hydrogen-bond donors (Lipinski definition) is 0. The van der Waals surface area contributed by atoms with E-state index in [1.54, 1.807) is 0 Å². The zero-order valence-electron chi connectivity index (χ0n) is 14.3. The Morgan fingerprint density at radius 1 is 1.21 bits per heavy atom. The van der Waals surface area contributed by atoms with Crippen LogP contribution in [0.5, 0.6) is 0 Å². The average Bonchev–Trinajstić information content (AvgIpc) is 2.29. The number of carbonyl (C=O) groups excluding carboxylic acids is 1. The minimum atomic E-state index is -0.0799. The van der Waals surface area contributed by atoms with Crippen LogP contribution < -0.4 is 0 Å². The largest absolute Gasteiger partial charge is 0.677 e. The summed E-state index contributed by atoms with van der Waals surface area (Å²) < 4.78 is 0. The number of hydrogen-bond acceptors (Lipinski definition) is 1. The summed E-state index contributed by atoms with van der Waals surface area (Å²) in [6.07, 6.45) is 3.78. The van der Waals surface area contributed by atoms with Crippen LogP contribution >= 0.6 is 0 Å². The van der Waals surface area contributed by atoms with Crippen LogP contribution in [-0.2, 0) is 37.5 Å². The smallest absolute Gasteiger partial charge is 0.138 e. The third-order valence-electron chi connectivity index (χ3n) is 2.36. The van der Waals surface area contributed by atoms with Gasteiger partial charge in [0.2, 0.25) is 0 Å². The first-order valence-electron chi connectivity index (χ1n) is 7.20. The number of Topliss-reactive ketones (excluding diaryl/α,β-unsaturated/α-hetero) is 1. The molecule has 0 heterocycles. The molecular weight excluding hydrogens is 311 g/mol. The summed E-state index contributed by atoms with van der Waals surface area (Å²) in [6, 6.07) is 0. The average molecular weight is 346 g/mol. The van der Waals surface area contributed by atoms with Gasteiger partial charge in [-0.3, -0.25) is 4.79 Å². The Morgan fingerprint density at radius 3 is 1.68 bits per heavy atom. The van der Waals surface area contributed by atoms with E-state index in [0.29, 0.717) is 24.7 Å². The van der Waals surface area contributed by atoms with Crippen molar-refractivity contribution in [2.24, 2.45) is 11.3 Å². The van der Waals surface area contributed by atoms with Crippen LogP contribution in [0.2, 0.25) is 0 Å². The van der Waals surface area contributed by atoms with Crippen LogP contribution in [0.4, 0.5) is 0 Å². The van der Waals surface area contributed by atoms with Gasteiger partial charge in [-0.2, -0.15) is 6.42 Å². The van der Waals surface area contributed by atoms with Gasteiger partial charge < -0.3 is 12.7 Å². The normalized spacial score (nSPS) is 9.58. The summed E-state index contributed by atoms with van der Waals surface area (Å²) in [4.78, 5) is 11.2. The Hall–Kier alpha value is 0.734. The molecular formula is C16H35NOY-2. The number of carbonyl (C=O) groups is 1. The molecule has 2 nitrogen and oxygen atoms in total. The molecule has 1 N–H and O–H groups in total. The standard InChI is InChI=1S/C9H18O.C4H10N.C3H7.Y/c1-5-7-9(3,4)8(10)6-2;1-4(2)3-5;1-3-2;/h5-7H2,1-4H3;4-5H,3H2,1-2H3;1,3H2,2H3;/q;2*-1;. The molecule has 0 saturated carbocycles. The second-order valence-electron chi connectivity index (χ2n) is 5.51. The van der Waals surface area contributed by atoms with Gasteiger partial charge in [0.15, 0.2) is 0 Å². The van der Waals surface area contributed by atoms with E-state index in [4.69, 9.17) is 5.73 Å². The summed E-state index contributed by atoms with van der Waals surface area (Å²) in [7, 11) is 0. The molecule has 19 heavy (non-hydrogen) atoms. The molecule has 0 rings (SSSR count). The summed E-state index contributed by atoms with van der Waals surface area (Å²) in [5.74, 6) is 0.935. The van der Waals surface area contributed by atoms with Gasteiger partial charge in [0.05, 0.1) is 0 Å². The van der Waals surface area contributed by atoms with Gasteiger partial charge >= 0.3 is 0 Å². The van der Waals surface area contributed by atoms with Crippen molar-refractivity contribution in [3.8, 4) is 0 Å². The molecule has 0 amide bonds. The van der Waals surface area contributed by atoms with Crippen molar-refractivity contribution in [2.45, 2.75) is 74.1 Å². The molecule has 0 aliphatic carbocycles. The number of rotatable bonds is 5.